The molecular weight excluding hydrogens is 194 g/mol. The zero-order valence-corrected chi connectivity index (χ0v) is 9.81. The summed E-state index contributed by atoms with van der Waals surface area (Å²) in [6.07, 6.45) is 0. The van der Waals surface area contributed by atoms with Gasteiger partial charge in [0, 0.05) is 19.0 Å². The zero-order chi connectivity index (χ0) is 12.2. The fourth-order valence-electron chi connectivity index (χ4n) is 1.45. The Kier molecular flexibility index (Phi) is 4.88. The van der Waals surface area contributed by atoms with Crippen LogP contribution in [0.25, 0.3) is 5.53 Å². The largest absolute Gasteiger partial charge is 0.421 e. The van der Waals surface area contributed by atoms with Gasteiger partial charge >= 0.3 is 11.6 Å². The van der Waals surface area contributed by atoms with Gasteiger partial charge in [0.1, 0.15) is 0 Å². The molecular formula is C10H17N3O2. The molecule has 5 heteroatoms. The molecule has 84 valence electrons. The number of carbonyl (C=O) groups is 2. The topological polar surface area (TPSA) is 73.8 Å². The highest BCUT2D eigenvalue weighted by molar-refractivity contribution is 6.63. The molecule has 0 aliphatic carbocycles. The Hall–Kier alpha value is -1.48. The van der Waals surface area contributed by atoms with Crippen LogP contribution in [0.5, 0.6) is 0 Å². The highest BCUT2D eigenvalue weighted by Crippen LogP contribution is 2.06. The van der Waals surface area contributed by atoms with Crippen LogP contribution >= 0.6 is 0 Å². The molecule has 0 aliphatic rings. The number of hydrogen-bond acceptors (Lipinski definition) is 2. The van der Waals surface area contributed by atoms with E-state index >= 15 is 0 Å². The van der Waals surface area contributed by atoms with Crippen LogP contribution in [0, 0.1) is 0 Å². The van der Waals surface area contributed by atoms with Gasteiger partial charge in [-0.15, -0.1) is 0 Å². The maximum absolute atomic E-state index is 11.8. The van der Waals surface area contributed by atoms with Gasteiger partial charge in [-0.1, -0.05) is 0 Å². The van der Waals surface area contributed by atoms with Crippen LogP contribution in [0.2, 0.25) is 0 Å². The van der Waals surface area contributed by atoms with Gasteiger partial charge in [0.15, 0.2) is 0 Å². The number of Topliss-reactive ketones (excluding diaryl/α,β-unsaturated/α-hetero) is 1. The van der Waals surface area contributed by atoms with Gasteiger partial charge in [0.05, 0.1) is 0 Å². The van der Waals surface area contributed by atoms with E-state index in [0.29, 0.717) is 0 Å². The van der Waals surface area contributed by atoms with E-state index < -0.39 is 17.4 Å². The Morgan fingerprint density at radius 1 is 1.13 bits per heavy atom. The molecule has 0 aromatic rings. The average molecular weight is 211 g/mol. The standard InChI is InChI=1S/C10H17N3O2/c1-6(2)13(7(3)4)10(15)9(12-11)8(5)14/h6-7H,1-5H3. The van der Waals surface area contributed by atoms with Crippen LogP contribution in [0.4, 0.5) is 0 Å². The van der Waals surface area contributed by atoms with E-state index in [2.05, 4.69) is 4.79 Å². The van der Waals surface area contributed by atoms with Gasteiger partial charge in [0.2, 0.25) is 5.78 Å². The third-order valence-electron chi connectivity index (χ3n) is 1.98. The molecule has 0 bridgehead atoms. The maximum Gasteiger partial charge on any atom is 0.421 e. The first kappa shape index (κ1) is 13.5. The molecule has 0 unspecified atom stereocenters. The monoisotopic (exact) mass is 211 g/mol. The average Bonchev–Trinajstić information content (AvgIpc) is 2.02. The lowest BCUT2D eigenvalue weighted by atomic mass is 10.1. The Balaban J connectivity index is 5.11. The number of carbonyl (C=O) groups excluding carboxylic acids is 2. The van der Waals surface area contributed by atoms with Gasteiger partial charge < -0.3 is 10.4 Å². The second kappa shape index (κ2) is 5.41. The van der Waals surface area contributed by atoms with Crippen molar-refractivity contribution in [3.63, 3.8) is 0 Å². The summed E-state index contributed by atoms with van der Waals surface area (Å²) >= 11 is 0. The normalized spacial score (nSPS) is 10.1. The first-order chi connectivity index (χ1) is 6.82. The summed E-state index contributed by atoms with van der Waals surface area (Å²) in [7, 11) is 0. The van der Waals surface area contributed by atoms with Gasteiger partial charge in [0.25, 0.3) is 0 Å². The fraction of sp³-hybridized carbons (Fsp3) is 0.700. The van der Waals surface area contributed by atoms with Gasteiger partial charge in [-0.25, -0.2) is 0 Å². The smallest absolute Gasteiger partial charge is 0.360 e. The van der Waals surface area contributed by atoms with Crippen molar-refractivity contribution in [1.29, 1.82) is 0 Å². The predicted octanol–water partition coefficient (Wildman–Crippen LogP) is 0.892. The number of hydrogen-bond donors (Lipinski definition) is 0. The van der Waals surface area contributed by atoms with Gasteiger partial charge in [-0.05, 0) is 27.7 Å². The lowest BCUT2D eigenvalue weighted by Gasteiger charge is -2.28. The fourth-order valence-corrected chi connectivity index (χ4v) is 1.45. The lowest BCUT2D eigenvalue weighted by molar-refractivity contribution is -0.134. The van der Waals surface area contributed by atoms with Crippen LogP contribution < -0.4 is 0 Å². The van der Waals surface area contributed by atoms with E-state index in [4.69, 9.17) is 5.53 Å². The molecule has 0 rings (SSSR count). The zero-order valence-electron chi connectivity index (χ0n) is 9.81. The van der Waals surface area contributed by atoms with E-state index in [0.717, 1.165) is 0 Å². The second-order valence-corrected chi connectivity index (χ2v) is 3.90. The number of rotatable bonds is 4. The Labute approximate surface area is 89.7 Å². The van der Waals surface area contributed by atoms with Crippen molar-refractivity contribution in [3.8, 4) is 0 Å². The number of ketones is 1. The Bertz CT molecular complexity index is 307. The van der Waals surface area contributed by atoms with Crippen molar-refractivity contribution in [2.24, 2.45) is 0 Å². The molecule has 0 aliphatic heterocycles. The lowest BCUT2D eigenvalue weighted by Crippen LogP contribution is -2.47. The summed E-state index contributed by atoms with van der Waals surface area (Å²) in [5, 5.41) is 0. The highest BCUT2D eigenvalue weighted by Gasteiger charge is 2.33. The van der Waals surface area contributed by atoms with Crippen molar-refractivity contribution in [2.75, 3.05) is 0 Å². The molecule has 0 spiro atoms. The summed E-state index contributed by atoms with van der Waals surface area (Å²) in [4.78, 5) is 27.1. The molecule has 0 heterocycles. The van der Waals surface area contributed by atoms with Crippen LogP contribution in [-0.4, -0.2) is 39.2 Å². The molecule has 0 saturated heterocycles. The minimum atomic E-state index is -0.534. The third-order valence-corrected chi connectivity index (χ3v) is 1.98. The van der Waals surface area contributed by atoms with Crippen molar-refractivity contribution in [2.45, 2.75) is 46.7 Å². The Morgan fingerprint density at radius 3 is 1.73 bits per heavy atom. The maximum atomic E-state index is 11.8. The minimum Gasteiger partial charge on any atom is -0.360 e. The van der Waals surface area contributed by atoms with Crippen LogP contribution in [0.1, 0.15) is 34.6 Å². The van der Waals surface area contributed by atoms with Crippen molar-refractivity contribution >= 4 is 17.4 Å². The second-order valence-electron chi connectivity index (χ2n) is 3.90. The summed E-state index contributed by atoms with van der Waals surface area (Å²) in [6, 6.07) is -0.0952. The summed E-state index contributed by atoms with van der Waals surface area (Å²) in [6.45, 7) is 8.56. The van der Waals surface area contributed by atoms with E-state index in [1.165, 1.54) is 11.8 Å². The summed E-state index contributed by atoms with van der Waals surface area (Å²) in [5.41, 5.74) is 8.18. The molecule has 0 aromatic heterocycles. The molecule has 15 heavy (non-hydrogen) atoms. The molecule has 5 nitrogen and oxygen atoms in total. The molecule has 0 atom stereocenters. The molecule has 0 saturated carbocycles. The number of amides is 1. The third kappa shape index (κ3) is 3.29. The predicted molar refractivity (Wildman–Crippen MR) is 56.4 cm³/mol. The van der Waals surface area contributed by atoms with Crippen molar-refractivity contribution in [1.82, 2.24) is 4.90 Å². The SMILES string of the molecule is CC(=O)C(=[N+]=[N-])C(=O)N(C(C)C)C(C)C. The summed E-state index contributed by atoms with van der Waals surface area (Å²) < 4.78 is 0. The first-order valence-corrected chi connectivity index (χ1v) is 4.88. The molecule has 0 aromatic carbocycles. The van der Waals surface area contributed by atoms with Crippen LogP contribution in [0.3, 0.4) is 0 Å². The summed E-state index contributed by atoms with van der Waals surface area (Å²) in [5.74, 6) is -1.07. The molecule has 0 radical (unpaired) electrons. The van der Waals surface area contributed by atoms with Gasteiger partial charge in [-0.2, -0.15) is 4.79 Å². The van der Waals surface area contributed by atoms with Crippen molar-refractivity contribution in [3.05, 3.63) is 5.53 Å². The Morgan fingerprint density at radius 2 is 1.53 bits per heavy atom. The first-order valence-electron chi connectivity index (χ1n) is 4.88. The highest BCUT2D eigenvalue weighted by atomic mass is 16.2. The van der Waals surface area contributed by atoms with Crippen LogP contribution in [-0.2, 0) is 9.59 Å². The molecule has 1 amide bonds. The van der Waals surface area contributed by atoms with Gasteiger partial charge in [-0.3, -0.25) is 9.59 Å². The molecule has 0 N–H and O–H groups in total. The van der Waals surface area contributed by atoms with E-state index in [1.54, 1.807) is 0 Å². The molecule has 0 fully saturated rings. The quantitative estimate of drug-likeness (QED) is 0.300. The van der Waals surface area contributed by atoms with E-state index in [1.807, 2.05) is 27.7 Å². The minimum absolute atomic E-state index is 0.0476. The van der Waals surface area contributed by atoms with E-state index in [9.17, 15) is 9.59 Å². The number of nitrogens with zero attached hydrogens (tertiary/aromatic N) is 3. The van der Waals surface area contributed by atoms with Crippen molar-refractivity contribution < 1.29 is 14.4 Å². The van der Waals surface area contributed by atoms with E-state index in [-0.39, 0.29) is 12.1 Å². The van der Waals surface area contributed by atoms with Crippen LogP contribution in [0.15, 0.2) is 0 Å².